The molecule has 1 aliphatic rings. The summed E-state index contributed by atoms with van der Waals surface area (Å²) in [7, 11) is 0. The molecule has 0 N–H and O–H groups in total. The molecule has 1 aromatic carbocycles. The standard InChI is InChI=1S/C18H14F3N5S/c1-3-12-17-16(22-6-7-23-17)10(2)26(25-12)9-15-24-13-8-11(18(19,20)21)4-5-14(13)27-15/h4-8H,2-3,9H2,1H3. The summed E-state index contributed by atoms with van der Waals surface area (Å²) < 4.78 is 39.4. The first-order valence-corrected chi connectivity index (χ1v) is 9.01. The third-order valence-electron chi connectivity index (χ3n) is 4.18. The second kappa shape index (κ2) is 6.41. The summed E-state index contributed by atoms with van der Waals surface area (Å²) in [6, 6.07) is 3.59. The van der Waals surface area contributed by atoms with Crippen molar-refractivity contribution in [2.24, 2.45) is 5.10 Å². The Kier molecular flexibility index (Phi) is 4.18. The number of hydrogen-bond acceptors (Lipinski definition) is 6. The van der Waals surface area contributed by atoms with E-state index < -0.39 is 11.7 Å². The molecule has 0 spiro atoms. The normalized spacial score (nSPS) is 14.4. The fraction of sp³-hybridized carbons (Fsp3) is 0.222. The van der Waals surface area contributed by atoms with E-state index in [0.717, 1.165) is 17.8 Å². The molecule has 4 rings (SSSR count). The highest BCUT2D eigenvalue weighted by Crippen LogP contribution is 2.34. The molecule has 0 aliphatic carbocycles. The number of thiazole rings is 1. The number of hydrogen-bond donors (Lipinski definition) is 0. The lowest BCUT2D eigenvalue weighted by molar-refractivity contribution is -0.137. The summed E-state index contributed by atoms with van der Waals surface area (Å²) in [6.45, 7) is 6.32. The van der Waals surface area contributed by atoms with Crippen LogP contribution in [0.25, 0.3) is 15.9 Å². The van der Waals surface area contributed by atoms with Gasteiger partial charge in [-0.1, -0.05) is 13.5 Å². The minimum absolute atomic E-state index is 0.305. The summed E-state index contributed by atoms with van der Waals surface area (Å²) in [6.07, 6.45) is -0.512. The van der Waals surface area contributed by atoms with E-state index >= 15 is 0 Å². The largest absolute Gasteiger partial charge is 0.416 e. The van der Waals surface area contributed by atoms with Gasteiger partial charge in [-0.3, -0.25) is 15.0 Å². The summed E-state index contributed by atoms with van der Waals surface area (Å²) in [5.41, 5.74) is 2.36. The van der Waals surface area contributed by atoms with Gasteiger partial charge < -0.3 is 0 Å². The van der Waals surface area contributed by atoms with Gasteiger partial charge in [-0.15, -0.1) is 11.3 Å². The zero-order valence-corrected chi connectivity index (χ0v) is 15.1. The average molecular weight is 389 g/mol. The van der Waals surface area contributed by atoms with E-state index in [4.69, 9.17) is 0 Å². The maximum atomic E-state index is 12.9. The summed E-state index contributed by atoms with van der Waals surface area (Å²) in [4.78, 5) is 13.0. The van der Waals surface area contributed by atoms with E-state index in [0.29, 0.717) is 45.3 Å². The van der Waals surface area contributed by atoms with Gasteiger partial charge in [0.25, 0.3) is 0 Å². The van der Waals surface area contributed by atoms with E-state index in [2.05, 4.69) is 26.6 Å². The van der Waals surface area contributed by atoms with Crippen molar-refractivity contribution in [3.63, 3.8) is 0 Å². The number of fused-ring (bicyclic) bond motifs is 2. The number of benzene rings is 1. The van der Waals surface area contributed by atoms with Gasteiger partial charge in [0.15, 0.2) is 0 Å². The lowest BCUT2D eigenvalue weighted by atomic mass is 10.1. The van der Waals surface area contributed by atoms with E-state index in [1.54, 1.807) is 17.4 Å². The van der Waals surface area contributed by atoms with Crippen molar-refractivity contribution in [2.45, 2.75) is 26.1 Å². The van der Waals surface area contributed by atoms with Crippen LogP contribution >= 0.6 is 11.3 Å². The van der Waals surface area contributed by atoms with Gasteiger partial charge in [-0.25, -0.2) is 4.98 Å². The van der Waals surface area contributed by atoms with E-state index in [9.17, 15) is 13.2 Å². The molecule has 2 aromatic heterocycles. The molecule has 0 radical (unpaired) electrons. The summed E-state index contributed by atoms with van der Waals surface area (Å²) in [5.74, 6) is 0. The molecule has 0 saturated carbocycles. The van der Waals surface area contributed by atoms with Crippen LogP contribution in [0.3, 0.4) is 0 Å². The van der Waals surface area contributed by atoms with Crippen LogP contribution in [-0.2, 0) is 12.7 Å². The zero-order chi connectivity index (χ0) is 19.2. The van der Waals surface area contributed by atoms with Crippen molar-refractivity contribution in [3.8, 4) is 0 Å². The van der Waals surface area contributed by atoms with Crippen LogP contribution in [0.2, 0.25) is 0 Å². The van der Waals surface area contributed by atoms with Crippen LogP contribution < -0.4 is 0 Å². The van der Waals surface area contributed by atoms with Gasteiger partial charge in [0.2, 0.25) is 0 Å². The van der Waals surface area contributed by atoms with Gasteiger partial charge in [-0.05, 0) is 24.6 Å². The van der Waals surface area contributed by atoms with Crippen LogP contribution in [0.5, 0.6) is 0 Å². The smallest absolute Gasteiger partial charge is 0.257 e. The Balaban J connectivity index is 1.67. The van der Waals surface area contributed by atoms with Crippen molar-refractivity contribution in [3.05, 3.63) is 59.1 Å². The zero-order valence-electron chi connectivity index (χ0n) is 14.3. The molecule has 5 nitrogen and oxygen atoms in total. The molecular formula is C18H14F3N5S. The van der Waals surface area contributed by atoms with Crippen LogP contribution in [0, 0.1) is 0 Å². The minimum atomic E-state index is -4.39. The predicted molar refractivity (Wildman–Crippen MR) is 98.1 cm³/mol. The number of alkyl halides is 3. The van der Waals surface area contributed by atoms with Gasteiger partial charge in [0, 0.05) is 12.4 Å². The molecule has 1 aliphatic heterocycles. The van der Waals surface area contributed by atoms with Crippen LogP contribution in [-0.4, -0.2) is 25.7 Å². The molecule has 0 saturated heterocycles. The fourth-order valence-electron chi connectivity index (χ4n) is 2.85. The Morgan fingerprint density at radius 2 is 1.89 bits per heavy atom. The van der Waals surface area contributed by atoms with Crippen LogP contribution in [0.15, 0.2) is 42.3 Å². The predicted octanol–water partition coefficient (Wildman–Crippen LogP) is 4.71. The first-order valence-electron chi connectivity index (χ1n) is 8.19. The second-order valence-electron chi connectivity index (χ2n) is 5.95. The van der Waals surface area contributed by atoms with Crippen molar-refractivity contribution >= 4 is 33.0 Å². The molecule has 0 fully saturated rings. The van der Waals surface area contributed by atoms with Crippen LogP contribution in [0.1, 0.15) is 35.3 Å². The molecule has 9 heteroatoms. The molecule has 0 unspecified atom stereocenters. The fourth-order valence-corrected chi connectivity index (χ4v) is 3.78. The molecule has 0 atom stereocenters. The molecule has 27 heavy (non-hydrogen) atoms. The Morgan fingerprint density at radius 1 is 1.15 bits per heavy atom. The second-order valence-corrected chi connectivity index (χ2v) is 7.06. The van der Waals surface area contributed by atoms with Gasteiger partial charge >= 0.3 is 6.18 Å². The van der Waals surface area contributed by atoms with Gasteiger partial charge in [0.1, 0.15) is 16.4 Å². The molecule has 3 aromatic rings. The summed E-state index contributed by atoms with van der Waals surface area (Å²) in [5, 5.41) is 6.91. The average Bonchev–Trinajstić information content (AvgIpc) is 3.05. The number of aromatic nitrogens is 3. The number of nitrogens with zero attached hydrogens (tertiary/aromatic N) is 5. The number of rotatable bonds is 3. The molecular weight excluding hydrogens is 375 g/mol. The van der Waals surface area contributed by atoms with Crippen molar-refractivity contribution < 1.29 is 13.2 Å². The Hall–Kier alpha value is -2.81. The quantitative estimate of drug-likeness (QED) is 0.651. The van der Waals surface area contributed by atoms with Crippen molar-refractivity contribution in [2.75, 3.05) is 0 Å². The molecule has 3 heterocycles. The first kappa shape index (κ1) is 17.6. The molecule has 0 amide bonds. The SMILES string of the molecule is C=C1c2nccnc2C(CC)=NN1Cc1nc2cc(C(F)(F)F)ccc2s1. The molecule has 138 valence electrons. The third-order valence-corrected chi connectivity index (χ3v) is 5.20. The third kappa shape index (κ3) is 3.18. The molecule has 0 bridgehead atoms. The number of halogens is 3. The lowest BCUT2D eigenvalue weighted by Crippen LogP contribution is -2.25. The van der Waals surface area contributed by atoms with Crippen molar-refractivity contribution in [1.29, 1.82) is 0 Å². The minimum Gasteiger partial charge on any atom is -0.257 e. The Bertz CT molecular complexity index is 1070. The maximum Gasteiger partial charge on any atom is 0.416 e. The Labute approximate surface area is 156 Å². The Morgan fingerprint density at radius 3 is 2.59 bits per heavy atom. The van der Waals surface area contributed by atoms with E-state index in [1.165, 1.54) is 17.4 Å². The topological polar surface area (TPSA) is 54.3 Å². The lowest BCUT2D eigenvalue weighted by Gasteiger charge is -2.26. The van der Waals surface area contributed by atoms with E-state index in [1.807, 2.05) is 6.92 Å². The van der Waals surface area contributed by atoms with Crippen molar-refractivity contribution in [1.82, 2.24) is 20.0 Å². The highest BCUT2D eigenvalue weighted by atomic mass is 32.1. The maximum absolute atomic E-state index is 12.9. The number of hydrazone groups is 1. The first-order chi connectivity index (χ1) is 12.9. The highest BCUT2D eigenvalue weighted by Gasteiger charge is 2.31. The van der Waals surface area contributed by atoms with Crippen LogP contribution in [0.4, 0.5) is 13.2 Å². The van der Waals surface area contributed by atoms with E-state index in [-0.39, 0.29) is 0 Å². The van der Waals surface area contributed by atoms with Gasteiger partial charge in [-0.2, -0.15) is 18.3 Å². The summed E-state index contributed by atoms with van der Waals surface area (Å²) >= 11 is 1.34. The highest BCUT2D eigenvalue weighted by molar-refractivity contribution is 7.18. The monoisotopic (exact) mass is 389 g/mol. The van der Waals surface area contributed by atoms with Gasteiger partial charge in [0.05, 0.1) is 33.7 Å².